The quantitative estimate of drug-likeness (QED) is 0.813. The molecule has 0 aromatic carbocycles. The van der Waals surface area contributed by atoms with Crippen LogP contribution in [0.1, 0.15) is 20.3 Å². The smallest absolute Gasteiger partial charge is 0.331 e. The number of halogens is 2. The first-order chi connectivity index (χ1) is 8.08. The second kappa shape index (κ2) is 4.51. The van der Waals surface area contributed by atoms with Gasteiger partial charge in [0.05, 0.1) is 5.41 Å². The lowest BCUT2D eigenvalue weighted by Crippen LogP contribution is -2.40. The molecule has 0 saturated carbocycles. The van der Waals surface area contributed by atoms with Crippen molar-refractivity contribution >= 4 is 11.9 Å². The van der Waals surface area contributed by atoms with Gasteiger partial charge in [0.1, 0.15) is 0 Å². The summed E-state index contributed by atoms with van der Waals surface area (Å²) in [6.45, 7) is 1.89. The number of rotatable bonds is 4. The number of hydrogen-bond acceptors (Lipinski definition) is 2. The zero-order chi connectivity index (χ0) is 14.1. The largest absolute Gasteiger partial charge is 0.481 e. The monoisotopic (exact) mass is 260 g/mol. The Labute approximate surface area is 103 Å². The molecule has 6 heteroatoms. The van der Waals surface area contributed by atoms with Crippen LogP contribution in [0.25, 0.3) is 0 Å². The van der Waals surface area contributed by atoms with Crippen LogP contribution >= 0.6 is 0 Å². The highest BCUT2D eigenvalue weighted by atomic mass is 19.3. The van der Waals surface area contributed by atoms with Gasteiger partial charge in [0.15, 0.2) is 0 Å². The summed E-state index contributed by atoms with van der Waals surface area (Å²) in [7, 11) is 0. The summed E-state index contributed by atoms with van der Waals surface area (Å²) < 4.78 is 26.2. The molecule has 1 rings (SSSR count). The van der Waals surface area contributed by atoms with E-state index < -0.39 is 35.6 Å². The molecule has 0 fully saturated rings. The lowest BCUT2D eigenvalue weighted by atomic mass is 9.68. The Morgan fingerprint density at radius 3 is 2.39 bits per heavy atom. The Bertz CT molecular complexity index is 434. The molecule has 1 aliphatic carbocycles. The lowest BCUT2D eigenvalue weighted by molar-refractivity contribution is -0.149. The van der Waals surface area contributed by atoms with E-state index in [9.17, 15) is 18.4 Å². The second-order valence-corrected chi connectivity index (χ2v) is 4.70. The fourth-order valence-corrected chi connectivity index (χ4v) is 2.03. The normalized spacial score (nSPS) is 27.8. The molecule has 0 aromatic heterocycles. The van der Waals surface area contributed by atoms with E-state index in [1.807, 2.05) is 0 Å². The van der Waals surface area contributed by atoms with E-state index in [1.54, 1.807) is 0 Å². The number of hydrogen-bond donors (Lipinski definition) is 2. The fourth-order valence-electron chi connectivity index (χ4n) is 2.03. The van der Waals surface area contributed by atoms with Gasteiger partial charge in [-0.25, -0.2) is 13.6 Å². The van der Waals surface area contributed by atoms with Gasteiger partial charge in [-0.2, -0.15) is 0 Å². The zero-order valence-corrected chi connectivity index (χ0v) is 9.98. The Kier molecular flexibility index (Phi) is 3.59. The van der Waals surface area contributed by atoms with Crippen LogP contribution in [0.3, 0.4) is 0 Å². The van der Waals surface area contributed by atoms with Gasteiger partial charge >= 0.3 is 11.9 Å². The van der Waals surface area contributed by atoms with Gasteiger partial charge in [0, 0.05) is 17.9 Å². The average molecular weight is 260 g/mol. The molecule has 0 amide bonds. The molecule has 0 aromatic rings. The standard InChI is InChI=1S/C12H14F2O4/c1-11(10(17)18)5-3-4-7(9(15)16)8(11)6-12(2,13)14/h3-5,8H,6H2,1-2H3,(H,15,16)(H,17,18). The molecule has 0 radical (unpaired) electrons. The van der Waals surface area contributed by atoms with Crippen molar-refractivity contribution in [2.24, 2.45) is 11.3 Å². The van der Waals surface area contributed by atoms with Crippen molar-refractivity contribution in [3.8, 4) is 0 Å². The predicted molar refractivity (Wildman–Crippen MR) is 59.3 cm³/mol. The van der Waals surface area contributed by atoms with Crippen LogP contribution in [0.4, 0.5) is 8.78 Å². The summed E-state index contributed by atoms with van der Waals surface area (Å²) >= 11 is 0. The maximum absolute atomic E-state index is 13.1. The van der Waals surface area contributed by atoms with Gasteiger partial charge in [-0.05, 0) is 13.8 Å². The molecular weight excluding hydrogens is 246 g/mol. The van der Waals surface area contributed by atoms with Crippen LogP contribution < -0.4 is 0 Å². The van der Waals surface area contributed by atoms with Crippen molar-refractivity contribution in [2.45, 2.75) is 26.2 Å². The number of alkyl halides is 2. The first-order valence-corrected chi connectivity index (χ1v) is 5.32. The van der Waals surface area contributed by atoms with E-state index in [1.165, 1.54) is 25.2 Å². The third-order valence-corrected chi connectivity index (χ3v) is 3.09. The minimum atomic E-state index is -3.14. The van der Waals surface area contributed by atoms with Gasteiger partial charge in [-0.3, -0.25) is 4.79 Å². The Morgan fingerprint density at radius 2 is 2.00 bits per heavy atom. The summed E-state index contributed by atoms with van der Waals surface area (Å²) in [5, 5.41) is 18.1. The maximum atomic E-state index is 13.1. The number of carbonyl (C=O) groups is 2. The molecule has 100 valence electrons. The average Bonchev–Trinajstić information content (AvgIpc) is 2.18. The molecule has 0 heterocycles. The molecule has 1 aliphatic rings. The van der Waals surface area contributed by atoms with Crippen LogP contribution in [0.2, 0.25) is 0 Å². The summed E-state index contributed by atoms with van der Waals surface area (Å²) in [5.41, 5.74) is -1.94. The van der Waals surface area contributed by atoms with E-state index in [0.29, 0.717) is 6.92 Å². The molecule has 0 bridgehead atoms. The Balaban J connectivity index is 3.23. The molecule has 0 spiro atoms. The van der Waals surface area contributed by atoms with Crippen LogP contribution in [-0.4, -0.2) is 28.1 Å². The fraction of sp³-hybridized carbons (Fsp3) is 0.500. The van der Waals surface area contributed by atoms with Crippen molar-refractivity contribution in [1.29, 1.82) is 0 Å². The minimum Gasteiger partial charge on any atom is -0.481 e. The van der Waals surface area contributed by atoms with E-state index >= 15 is 0 Å². The molecule has 2 unspecified atom stereocenters. The van der Waals surface area contributed by atoms with Crippen molar-refractivity contribution in [2.75, 3.05) is 0 Å². The van der Waals surface area contributed by atoms with Gasteiger partial charge in [0.25, 0.3) is 0 Å². The highest BCUT2D eigenvalue weighted by molar-refractivity contribution is 5.91. The van der Waals surface area contributed by atoms with Crippen molar-refractivity contribution in [3.05, 3.63) is 23.8 Å². The number of allylic oxidation sites excluding steroid dienone is 2. The van der Waals surface area contributed by atoms with Gasteiger partial charge in [0.2, 0.25) is 5.92 Å². The second-order valence-electron chi connectivity index (χ2n) is 4.70. The minimum absolute atomic E-state index is 0.302. The lowest BCUT2D eigenvalue weighted by Gasteiger charge is -2.35. The van der Waals surface area contributed by atoms with Crippen molar-refractivity contribution < 1.29 is 28.6 Å². The number of carboxylic acids is 2. The SMILES string of the molecule is CC(F)(F)CC1C(C(=O)O)=CC=CC1(C)C(=O)O. The van der Waals surface area contributed by atoms with Crippen molar-refractivity contribution in [3.63, 3.8) is 0 Å². The van der Waals surface area contributed by atoms with E-state index in [2.05, 4.69) is 0 Å². The highest BCUT2D eigenvalue weighted by Gasteiger charge is 2.47. The molecule has 18 heavy (non-hydrogen) atoms. The maximum Gasteiger partial charge on any atom is 0.331 e. The third kappa shape index (κ3) is 2.75. The van der Waals surface area contributed by atoms with Crippen LogP contribution in [0, 0.1) is 11.3 Å². The third-order valence-electron chi connectivity index (χ3n) is 3.09. The summed E-state index contributed by atoms with van der Waals surface area (Å²) in [6, 6.07) is 0. The number of carboxylic acid groups (broad SMARTS) is 2. The van der Waals surface area contributed by atoms with Crippen LogP contribution in [0.5, 0.6) is 0 Å². The van der Waals surface area contributed by atoms with Gasteiger partial charge < -0.3 is 10.2 Å². The first-order valence-electron chi connectivity index (χ1n) is 5.32. The summed E-state index contributed by atoms with van der Waals surface area (Å²) in [6.07, 6.45) is 2.88. The Morgan fingerprint density at radius 1 is 1.44 bits per heavy atom. The predicted octanol–water partition coefficient (Wildman–Crippen LogP) is 2.32. The molecule has 2 N–H and O–H groups in total. The first kappa shape index (κ1) is 14.3. The highest BCUT2D eigenvalue weighted by Crippen LogP contribution is 2.43. The van der Waals surface area contributed by atoms with Crippen LogP contribution in [-0.2, 0) is 9.59 Å². The number of aliphatic carboxylic acids is 2. The van der Waals surface area contributed by atoms with Gasteiger partial charge in [-0.15, -0.1) is 0 Å². The molecule has 0 aliphatic heterocycles. The molecule has 2 atom stereocenters. The molecule has 0 saturated heterocycles. The summed E-state index contributed by atoms with van der Waals surface area (Å²) in [4.78, 5) is 22.2. The molecular formula is C12H14F2O4. The zero-order valence-electron chi connectivity index (χ0n) is 9.98. The Hall–Kier alpha value is -1.72. The van der Waals surface area contributed by atoms with Gasteiger partial charge in [-0.1, -0.05) is 18.2 Å². The van der Waals surface area contributed by atoms with Crippen molar-refractivity contribution in [1.82, 2.24) is 0 Å². The van der Waals surface area contributed by atoms with E-state index in [0.717, 1.165) is 0 Å². The van der Waals surface area contributed by atoms with E-state index in [-0.39, 0.29) is 5.57 Å². The molecule has 4 nitrogen and oxygen atoms in total. The summed E-state index contributed by atoms with van der Waals surface area (Å²) in [5.74, 6) is -7.10. The van der Waals surface area contributed by atoms with E-state index in [4.69, 9.17) is 10.2 Å². The van der Waals surface area contributed by atoms with Crippen LogP contribution in [0.15, 0.2) is 23.8 Å². The topological polar surface area (TPSA) is 74.6 Å².